The van der Waals surface area contributed by atoms with E-state index in [0.29, 0.717) is 5.39 Å². The lowest BCUT2D eigenvalue weighted by Gasteiger charge is -2.25. The first kappa shape index (κ1) is 20.8. The van der Waals surface area contributed by atoms with Gasteiger partial charge in [-0.05, 0) is 28.5 Å². The maximum Gasteiger partial charge on any atom is 0.275 e. The molecule has 0 aliphatic rings. The lowest BCUT2D eigenvalue weighted by Crippen LogP contribution is -2.37. The zero-order valence-corrected chi connectivity index (χ0v) is 17.8. The molecule has 29 heavy (non-hydrogen) atoms. The molecule has 0 aliphatic heterocycles. The number of fused-ring (bicyclic) bond motifs is 1. The molecule has 0 unspecified atom stereocenters. The molecule has 1 aromatic heterocycles. The second kappa shape index (κ2) is 8.19. The fourth-order valence-corrected chi connectivity index (χ4v) is 3.42. The SMILES string of the molecule is CC(C)[C@@H](NC(=O)Cn1ncc2ccccc2c1=O)c1ccc(C(C)(C)C)cc1. The van der Waals surface area contributed by atoms with Crippen molar-refractivity contribution < 1.29 is 4.79 Å². The van der Waals surface area contributed by atoms with Gasteiger partial charge in [-0.25, -0.2) is 4.68 Å². The number of nitrogens with one attached hydrogen (secondary N) is 1. The fourth-order valence-electron chi connectivity index (χ4n) is 3.42. The van der Waals surface area contributed by atoms with Crippen LogP contribution in [-0.2, 0) is 16.8 Å². The zero-order chi connectivity index (χ0) is 21.2. The van der Waals surface area contributed by atoms with Crippen LogP contribution in [0.1, 0.15) is 51.8 Å². The molecule has 0 radical (unpaired) electrons. The summed E-state index contributed by atoms with van der Waals surface area (Å²) >= 11 is 0. The van der Waals surface area contributed by atoms with Gasteiger partial charge in [0.2, 0.25) is 5.91 Å². The predicted molar refractivity (Wildman–Crippen MR) is 117 cm³/mol. The van der Waals surface area contributed by atoms with Crippen molar-refractivity contribution in [1.29, 1.82) is 0 Å². The molecule has 0 fully saturated rings. The van der Waals surface area contributed by atoms with E-state index < -0.39 is 0 Å². The Kier molecular flexibility index (Phi) is 5.87. The van der Waals surface area contributed by atoms with Crippen LogP contribution in [-0.4, -0.2) is 15.7 Å². The van der Waals surface area contributed by atoms with E-state index in [1.807, 2.05) is 18.2 Å². The first-order valence-corrected chi connectivity index (χ1v) is 10.0. The minimum absolute atomic E-state index is 0.0814. The van der Waals surface area contributed by atoms with Gasteiger partial charge in [-0.15, -0.1) is 0 Å². The van der Waals surface area contributed by atoms with Crippen molar-refractivity contribution in [3.63, 3.8) is 0 Å². The van der Waals surface area contributed by atoms with Gasteiger partial charge in [-0.1, -0.05) is 77.1 Å². The van der Waals surface area contributed by atoms with Crippen LogP contribution in [0.25, 0.3) is 10.8 Å². The Labute approximate surface area is 171 Å². The first-order chi connectivity index (χ1) is 13.7. The number of hydrogen-bond acceptors (Lipinski definition) is 3. The van der Waals surface area contributed by atoms with Crippen LogP contribution in [0.3, 0.4) is 0 Å². The minimum atomic E-state index is -0.256. The minimum Gasteiger partial charge on any atom is -0.347 e. The van der Waals surface area contributed by atoms with Crippen LogP contribution < -0.4 is 10.9 Å². The van der Waals surface area contributed by atoms with Gasteiger partial charge in [-0.2, -0.15) is 5.10 Å². The summed E-state index contributed by atoms with van der Waals surface area (Å²) in [6.07, 6.45) is 1.62. The maximum atomic E-state index is 12.7. The highest BCUT2D eigenvalue weighted by atomic mass is 16.2. The molecule has 0 spiro atoms. The summed E-state index contributed by atoms with van der Waals surface area (Å²) in [5.74, 6) is -0.0193. The molecule has 1 atom stereocenters. The van der Waals surface area contributed by atoms with Crippen LogP contribution in [0.2, 0.25) is 0 Å². The van der Waals surface area contributed by atoms with Crippen molar-refractivity contribution in [3.8, 4) is 0 Å². The Morgan fingerprint density at radius 1 is 1.07 bits per heavy atom. The lowest BCUT2D eigenvalue weighted by atomic mass is 9.85. The third-order valence-electron chi connectivity index (χ3n) is 5.17. The number of hydrogen-bond donors (Lipinski definition) is 1. The topological polar surface area (TPSA) is 64.0 Å². The highest BCUT2D eigenvalue weighted by Gasteiger charge is 2.20. The first-order valence-electron chi connectivity index (χ1n) is 10.0. The van der Waals surface area contributed by atoms with E-state index in [0.717, 1.165) is 10.9 Å². The van der Waals surface area contributed by atoms with Gasteiger partial charge in [0, 0.05) is 5.39 Å². The summed E-state index contributed by atoms with van der Waals surface area (Å²) in [4.78, 5) is 25.3. The van der Waals surface area contributed by atoms with E-state index in [9.17, 15) is 9.59 Å². The summed E-state index contributed by atoms with van der Waals surface area (Å²) < 4.78 is 1.22. The summed E-state index contributed by atoms with van der Waals surface area (Å²) in [6, 6.07) is 15.5. The maximum absolute atomic E-state index is 12.7. The van der Waals surface area contributed by atoms with Crippen LogP contribution in [0.5, 0.6) is 0 Å². The van der Waals surface area contributed by atoms with Crippen LogP contribution in [0, 0.1) is 5.92 Å². The summed E-state index contributed by atoms with van der Waals surface area (Å²) in [5, 5.41) is 8.56. The molecule has 5 nitrogen and oxygen atoms in total. The molecule has 0 saturated heterocycles. The summed E-state index contributed by atoms with van der Waals surface area (Å²) in [5.41, 5.74) is 2.13. The summed E-state index contributed by atoms with van der Waals surface area (Å²) in [6.45, 7) is 10.6. The Morgan fingerprint density at radius 2 is 1.72 bits per heavy atom. The second-order valence-electron chi connectivity index (χ2n) is 8.86. The Morgan fingerprint density at radius 3 is 2.34 bits per heavy atom. The van der Waals surface area contributed by atoms with Crippen molar-refractivity contribution in [2.45, 2.75) is 52.6 Å². The van der Waals surface area contributed by atoms with Crippen molar-refractivity contribution in [1.82, 2.24) is 15.1 Å². The largest absolute Gasteiger partial charge is 0.347 e. The van der Waals surface area contributed by atoms with E-state index in [-0.39, 0.29) is 35.4 Å². The lowest BCUT2D eigenvalue weighted by molar-refractivity contribution is -0.123. The molecule has 1 N–H and O–H groups in total. The quantitative estimate of drug-likeness (QED) is 0.709. The highest BCUT2D eigenvalue weighted by Crippen LogP contribution is 2.26. The standard InChI is InChI=1S/C24H29N3O2/c1-16(2)22(17-10-12-19(13-11-17)24(3,4)5)26-21(28)15-27-23(29)20-9-7-6-8-18(20)14-25-27/h6-14,16,22H,15H2,1-5H3,(H,26,28)/t22-/m1/s1. The molecular weight excluding hydrogens is 362 g/mol. The number of benzene rings is 2. The third-order valence-corrected chi connectivity index (χ3v) is 5.17. The molecule has 3 aromatic rings. The van der Waals surface area contributed by atoms with E-state index in [1.54, 1.807) is 12.3 Å². The van der Waals surface area contributed by atoms with Gasteiger partial charge in [0.15, 0.2) is 0 Å². The van der Waals surface area contributed by atoms with E-state index in [2.05, 4.69) is 69.3 Å². The second-order valence-corrected chi connectivity index (χ2v) is 8.86. The summed E-state index contributed by atoms with van der Waals surface area (Å²) in [7, 11) is 0. The van der Waals surface area contributed by atoms with Crippen LogP contribution in [0.15, 0.2) is 59.5 Å². The molecule has 152 valence electrons. The zero-order valence-electron chi connectivity index (χ0n) is 17.8. The number of amides is 1. The average Bonchev–Trinajstić information content (AvgIpc) is 2.68. The van der Waals surface area contributed by atoms with Crippen LogP contribution >= 0.6 is 0 Å². The Hall–Kier alpha value is -2.95. The molecule has 0 aliphatic carbocycles. The normalized spacial score (nSPS) is 12.9. The fraction of sp³-hybridized carbons (Fsp3) is 0.375. The third kappa shape index (κ3) is 4.73. The smallest absolute Gasteiger partial charge is 0.275 e. The van der Waals surface area contributed by atoms with Gasteiger partial charge < -0.3 is 5.32 Å². The molecule has 5 heteroatoms. The molecular formula is C24H29N3O2. The molecule has 1 amide bonds. The molecule has 3 rings (SSSR count). The molecule has 1 heterocycles. The van der Waals surface area contributed by atoms with Crippen LogP contribution in [0.4, 0.5) is 0 Å². The predicted octanol–water partition coefficient (Wildman–Crippen LogP) is 4.21. The molecule has 2 aromatic carbocycles. The van der Waals surface area contributed by atoms with Crippen molar-refractivity contribution in [2.24, 2.45) is 5.92 Å². The Bertz CT molecular complexity index is 1060. The number of rotatable bonds is 5. The van der Waals surface area contributed by atoms with Gasteiger partial charge in [0.1, 0.15) is 6.54 Å². The monoisotopic (exact) mass is 391 g/mol. The van der Waals surface area contributed by atoms with Gasteiger partial charge in [0.25, 0.3) is 5.56 Å². The van der Waals surface area contributed by atoms with E-state index >= 15 is 0 Å². The molecule has 0 saturated carbocycles. The van der Waals surface area contributed by atoms with Gasteiger partial charge in [-0.3, -0.25) is 9.59 Å². The van der Waals surface area contributed by atoms with Crippen molar-refractivity contribution >= 4 is 16.7 Å². The number of nitrogens with zero attached hydrogens (tertiary/aromatic N) is 2. The highest BCUT2D eigenvalue weighted by molar-refractivity contribution is 5.81. The number of carbonyl (C=O) groups is 1. The van der Waals surface area contributed by atoms with Gasteiger partial charge >= 0.3 is 0 Å². The van der Waals surface area contributed by atoms with Gasteiger partial charge in [0.05, 0.1) is 17.6 Å². The van der Waals surface area contributed by atoms with E-state index in [4.69, 9.17) is 0 Å². The Balaban J connectivity index is 1.78. The average molecular weight is 392 g/mol. The van der Waals surface area contributed by atoms with E-state index in [1.165, 1.54) is 10.2 Å². The molecule has 0 bridgehead atoms. The van der Waals surface area contributed by atoms with Crippen molar-refractivity contribution in [2.75, 3.05) is 0 Å². The van der Waals surface area contributed by atoms with Crippen molar-refractivity contribution in [3.05, 3.63) is 76.2 Å². The number of aromatic nitrogens is 2. The number of carbonyl (C=O) groups excluding carboxylic acids is 1.